The van der Waals surface area contributed by atoms with Gasteiger partial charge in [-0.2, -0.15) is 0 Å². The zero-order valence-corrected chi connectivity index (χ0v) is 10.1. The minimum Gasteiger partial charge on any atom is -0.392 e. The summed E-state index contributed by atoms with van der Waals surface area (Å²) in [7, 11) is 0. The molecular weight excluding hydrogens is 212 g/mol. The van der Waals surface area contributed by atoms with E-state index in [1.54, 1.807) is 0 Å². The summed E-state index contributed by atoms with van der Waals surface area (Å²) in [6, 6.07) is 10.1. The maximum Gasteiger partial charge on any atom is 0.0691 e. The number of benzene rings is 2. The highest BCUT2D eigenvalue weighted by molar-refractivity contribution is 5.87. The number of aryl methyl sites for hydroxylation is 1. The Morgan fingerprint density at radius 1 is 1.00 bits per heavy atom. The van der Waals surface area contributed by atoms with Crippen molar-refractivity contribution in [3.8, 4) is 0 Å². The quantitative estimate of drug-likeness (QED) is 0.848. The molecule has 2 aromatic carbocycles. The summed E-state index contributed by atoms with van der Waals surface area (Å²) < 4.78 is 0. The number of aliphatic hydroxyl groups is 2. The average molecular weight is 230 g/mol. The molecule has 0 spiro atoms. The van der Waals surface area contributed by atoms with Crippen molar-refractivity contribution in [3.05, 3.63) is 47.0 Å². The van der Waals surface area contributed by atoms with Gasteiger partial charge in [0.1, 0.15) is 0 Å². The normalized spacial score (nSPS) is 11.0. The van der Waals surface area contributed by atoms with Gasteiger partial charge in [0.25, 0.3) is 0 Å². The fourth-order valence-corrected chi connectivity index (χ4v) is 2.40. The van der Waals surface area contributed by atoms with E-state index in [0.29, 0.717) is 0 Å². The molecule has 90 valence electrons. The molecule has 0 heterocycles. The molecule has 0 radical (unpaired) electrons. The van der Waals surface area contributed by atoms with Crippen molar-refractivity contribution in [3.63, 3.8) is 0 Å². The average Bonchev–Trinajstić information content (AvgIpc) is 2.37. The number of hydrogen-bond donors (Lipinski definition) is 2. The third-order valence-electron chi connectivity index (χ3n) is 3.20. The molecule has 17 heavy (non-hydrogen) atoms. The van der Waals surface area contributed by atoms with Crippen LogP contribution in [0.1, 0.15) is 30.0 Å². The van der Waals surface area contributed by atoms with E-state index in [2.05, 4.69) is 19.1 Å². The number of rotatable bonds is 4. The van der Waals surface area contributed by atoms with Gasteiger partial charge in [-0.3, -0.25) is 0 Å². The Bertz CT molecular complexity index is 518. The lowest BCUT2D eigenvalue weighted by Gasteiger charge is -2.14. The fourth-order valence-electron chi connectivity index (χ4n) is 2.40. The number of aliphatic hydroxyl groups excluding tert-OH is 2. The van der Waals surface area contributed by atoms with Crippen LogP contribution >= 0.6 is 0 Å². The first-order chi connectivity index (χ1) is 8.31. The van der Waals surface area contributed by atoms with Crippen molar-refractivity contribution < 1.29 is 10.2 Å². The molecule has 0 bridgehead atoms. The Hall–Kier alpha value is -1.38. The van der Waals surface area contributed by atoms with Crippen LogP contribution < -0.4 is 0 Å². The molecule has 0 amide bonds. The molecule has 2 nitrogen and oxygen atoms in total. The second kappa shape index (κ2) is 5.30. The third kappa shape index (κ3) is 2.19. The van der Waals surface area contributed by atoms with E-state index >= 15 is 0 Å². The van der Waals surface area contributed by atoms with E-state index in [9.17, 15) is 10.2 Å². The monoisotopic (exact) mass is 230 g/mol. The van der Waals surface area contributed by atoms with Gasteiger partial charge in [0.2, 0.25) is 0 Å². The maximum atomic E-state index is 9.53. The Morgan fingerprint density at radius 3 is 2.35 bits per heavy atom. The van der Waals surface area contributed by atoms with Crippen molar-refractivity contribution in [2.24, 2.45) is 0 Å². The molecule has 0 aromatic heterocycles. The zero-order valence-electron chi connectivity index (χ0n) is 10.1. The second-order valence-electron chi connectivity index (χ2n) is 4.28. The van der Waals surface area contributed by atoms with Crippen LogP contribution in [0, 0.1) is 0 Å². The molecular formula is C15H18O2. The van der Waals surface area contributed by atoms with E-state index in [-0.39, 0.29) is 13.2 Å². The van der Waals surface area contributed by atoms with E-state index in [0.717, 1.165) is 40.3 Å². The first-order valence-corrected chi connectivity index (χ1v) is 6.05. The predicted molar refractivity (Wildman–Crippen MR) is 69.8 cm³/mol. The molecule has 2 N–H and O–H groups in total. The fraction of sp³-hybridized carbons (Fsp3) is 0.333. The van der Waals surface area contributed by atoms with Gasteiger partial charge in [0.05, 0.1) is 13.2 Å². The summed E-state index contributed by atoms with van der Waals surface area (Å²) in [4.78, 5) is 0. The predicted octanol–water partition coefficient (Wildman–Crippen LogP) is 2.78. The minimum absolute atomic E-state index is 0.00391. The molecule has 0 unspecified atom stereocenters. The maximum absolute atomic E-state index is 9.53. The van der Waals surface area contributed by atoms with Gasteiger partial charge in [-0.25, -0.2) is 0 Å². The lowest BCUT2D eigenvalue weighted by atomic mass is 9.92. The minimum atomic E-state index is -0.0199. The zero-order chi connectivity index (χ0) is 12.3. The Labute approximate surface area is 102 Å². The van der Waals surface area contributed by atoms with E-state index in [1.807, 2.05) is 18.2 Å². The molecule has 0 saturated carbocycles. The van der Waals surface area contributed by atoms with E-state index < -0.39 is 0 Å². The summed E-state index contributed by atoms with van der Waals surface area (Å²) in [6.45, 7) is 2.10. The Kier molecular flexibility index (Phi) is 3.77. The van der Waals surface area contributed by atoms with Crippen LogP contribution in [-0.2, 0) is 19.6 Å². The number of hydrogen-bond acceptors (Lipinski definition) is 2. The lowest BCUT2D eigenvalue weighted by molar-refractivity contribution is 0.260. The highest BCUT2D eigenvalue weighted by Gasteiger charge is 2.11. The van der Waals surface area contributed by atoms with Gasteiger partial charge in [0.15, 0.2) is 0 Å². The summed E-state index contributed by atoms with van der Waals surface area (Å²) in [6.07, 6.45) is 1.98. The van der Waals surface area contributed by atoms with Gasteiger partial charge in [-0.1, -0.05) is 43.7 Å². The van der Waals surface area contributed by atoms with Crippen LogP contribution in [0.25, 0.3) is 10.8 Å². The van der Waals surface area contributed by atoms with Gasteiger partial charge >= 0.3 is 0 Å². The summed E-state index contributed by atoms with van der Waals surface area (Å²) in [5, 5.41) is 21.2. The van der Waals surface area contributed by atoms with Crippen molar-refractivity contribution in [2.75, 3.05) is 0 Å². The number of fused-ring (bicyclic) bond motifs is 1. The third-order valence-corrected chi connectivity index (χ3v) is 3.20. The van der Waals surface area contributed by atoms with Gasteiger partial charge in [-0.15, -0.1) is 0 Å². The summed E-state index contributed by atoms with van der Waals surface area (Å²) in [5.74, 6) is 0. The second-order valence-corrected chi connectivity index (χ2v) is 4.28. The molecule has 0 fully saturated rings. The van der Waals surface area contributed by atoms with Crippen molar-refractivity contribution in [1.29, 1.82) is 0 Å². The van der Waals surface area contributed by atoms with Crippen LogP contribution in [0.15, 0.2) is 30.3 Å². The largest absolute Gasteiger partial charge is 0.392 e. The van der Waals surface area contributed by atoms with Gasteiger partial charge < -0.3 is 10.2 Å². The standard InChI is InChI=1S/C15H18O2/c1-2-5-11-8-12-6-3-4-7-13(12)15(10-17)14(11)9-16/h3-4,6-8,16-17H,2,5,9-10H2,1H3. The van der Waals surface area contributed by atoms with E-state index in [4.69, 9.17) is 0 Å². The van der Waals surface area contributed by atoms with Crippen molar-refractivity contribution in [1.82, 2.24) is 0 Å². The van der Waals surface area contributed by atoms with Crippen LogP contribution in [0.5, 0.6) is 0 Å². The van der Waals surface area contributed by atoms with Crippen LogP contribution in [-0.4, -0.2) is 10.2 Å². The van der Waals surface area contributed by atoms with Gasteiger partial charge in [0, 0.05) is 0 Å². The first kappa shape index (κ1) is 12.1. The topological polar surface area (TPSA) is 40.5 Å². The molecule has 0 aliphatic heterocycles. The summed E-state index contributed by atoms with van der Waals surface area (Å²) >= 11 is 0. The highest BCUT2D eigenvalue weighted by atomic mass is 16.3. The van der Waals surface area contributed by atoms with E-state index in [1.165, 1.54) is 0 Å². The smallest absolute Gasteiger partial charge is 0.0691 e. The van der Waals surface area contributed by atoms with Gasteiger partial charge in [-0.05, 0) is 33.9 Å². The molecule has 2 heteroatoms. The Balaban J connectivity index is 2.73. The Morgan fingerprint density at radius 2 is 1.71 bits per heavy atom. The molecule has 0 aliphatic rings. The summed E-state index contributed by atoms with van der Waals surface area (Å²) in [5.41, 5.74) is 2.92. The molecule has 2 rings (SSSR count). The van der Waals surface area contributed by atoms with Crippen LogP contribution in [0.3, 0.4) is 0 Å². The van der Waals surface area contributed by atoms with Crippen molar-refractivity contribution in [2.45, 2.75) is 33.0 Å². The van der Waals surface area contributed by atoms with Crippen LogP contribution in [0.4, 0.5) is 0 Å². The molecule has 2 aromatic rings. The molecule has 0 atom stereocenters. The highest BCUT2D eigenvalue weighted by Crippen LogP contribution is 2.27. The van der Waals surface area contributed by atoms with Crippen molar-refractivity contribution >= 4 is 10.8 Å². The molecule has 0 aliphatic carbocycles. The first-order valence-electron chi connectivity index (χ1n) is 6.05. The van der Waals surface area contributed by atoms with Crippen LogP contribution in [0.2, 0.25) is 0 Å². The lowest BCUT2D eigenvalue weighted by Crippen LogP contribution is -2.02. The molecule has 0 saturated heterocycles. The SMILES string of the molecule is CCCc1cc2ccccc2c(CO)c1CO.